The standard InChI is InChI=1S/C9H11NOS/c1-6(11)5-7-3-2-4-8(10)9(7)12/h2-4,12H,5,10H2,1H3. The predicted octanol–water partition coefficient (Wildman–Crippen LogP) is 1.69. The molecule has 0 unspecified atom stereocenters. The quantitative estimate of drug-likeness (QED) is 0.538. The lowest BCUT2D eigenvalue weighted by atomic mass is 10.1. The molecular weight excluding hydrogens is 170 g/mol. The van der Waals surface area contributed by atoms with Crippen LogP contribution in [0.2, 0.25) is 0 Å². The molecule has 1 aromatic rings. The number of ketones is 1. The summed E-state index contributed by atoms with van der Waals surface area (Å²) >= 11 is 4.21. The van der Waals surface area contributed by atoms with Gasteiger partial charge in [0.05, 0.1) is 0 Å². The van der Waals surface area contributed by atoms with E-state index in [4.69, 9.17) is 5.73 Å². The molecule has 0 atom stereocenters. The number of carbonyl (C=O) groups excluding carboxylic acids is 1. The molecule has 0 amide bonds. The third kappa shape index (κ3) is 2.01. The number of rotatable bonds is 2. The first-order chi connectivity index (χ1) is 5.61. The third-order valence-corrected chi connectivity index (χ3v) is 2.14. The average Bonchev–Trinajstić information content (AvgIpc) is 1.98. The summed E-state index contributed by atoms with van der Waals surface area (Å²) in [5.41, 5.74) is 7.13. The van der Waals surface area contributed by atoms with Gasteiger partial charge in [0, 0.05) is 17.0 Å². The van der Waals surface area contributed by atoms with E-state index in [1.165, 1.54) is 0 Å². The van der Waals surface area contributed by atoms with Crippen molar-refractivity contribution in [3.8, 4) is 0 Å². The van der Waals surface area contributed by atoms with Gasteiger partial charge in [0.25, 0.3) is 0 Å². The summed E-state index contributed by atoms with van der Waals surface area (Å²) in [7, 11) is 0. The fourth-order valence-electron chi connectivity index (χ4n) is 1.02. The fourth-order valence-corrected chi connectivity index (χ4v) is 1.25. The maximum absolute atomic E-state index is 10.8. The van der Waals surface area contributed by atoms with Crippen molar-refractivity contribution in [2.24, 2.45) is 0 Å². The van der Waals surface area contributed by atoms with Crippen molar-refractivity contribution >= 4 is 24.1 Å². The van der Waals surface area contributed by atoms with E-state index in [0.29, 0.717) is 17.0 Å². The van der Waals surface area contributed by atoms with E-state index >= 15 is 0 Å². The second kappa shape index (κ2) is 3.63. The highest BCUT2D eigenvalue weighted by molar-refractivity contribution is 7.80. The summed E-state index contributed by atoms with van der Waals surface area (Å²) in [4.78, 5) is 11.5. The maximum Gasteiger partial charge on any atom is 0.134 e. The Balaban J connectivity index is 3.00. The molecule has 0 radical (unpaired) electrons. The van der Waals surface area contributed by atoms with Crippen LogP contribution in [-0.2, 0) is 11.2 Å². The number of thiol groups is 1. The molecule has 0 saturated heterocycles. The highest BCUT2D eigenvalue weighted by atomic mass is 32.1. The molecule has 0 bridgehead atoms. The minimum absolute atomic E-state index is 0.121. The third-order valence-electron chi connectivity index (χ3n) is 1.59. The van der Waals surface area contributed by atoms with Crippen molar-refractivity contribution in [1.29, 1.82) is 0 Å². The van der Waals surface area contributed by atoms with Crippen LogP contribution in [0.25, 0.3) is 0 Å². The van der Waals surface area contributed by atoms with Gasteiger partial charge < -0.3 is 5.73 Å². The van der Waals surface area contributed by atoms with Crippen molar-refractivity contribution in [1.82, 2.24) is 0 Å². The highest BCUT2D eigenvalue weighted by Gasteiger charge is 2.03. The van der Waals surface area contributed by atoms with Gasteiger partial charge in [-0.1, -0.05) is 12.1 Å². The molecule has 2 N–H and O–H groups in total. The molecule has 0 aliphatic rings. The van der Waals surface area contributed by atoms with Crippen molar-refractivity contribution in [3.05, 3.63) is 23.8 Å². The normalized spacial score (nSPS) is 9.83. The molecule has 0 aliphatic carbocycles. The number of hydrogen-bond acceptors (Lipinski definition) is 3. The molecule has 2 nitrogen and oxygen atoms in total. The van der Waals surface area contributed by atoms with Crippen LogP contribution in [0, 0.1) is 0 Å². The summed E-state index contributed by atoms with van der Waals surface area (Å²) < 4.78 is 0. The van der Waals surface area contributed by atoms with Crippen LogP contribution in [0.15, 0.2) is 23.1 Å². The summed E-state index contributed by atoms with van der Waals surface area (Å²) in [6, 6.07) is 5.46. The number of nitrogens with two attached hydrogens (primary N) is 1. The number of Topliss-reactive ketones (excluding diaryl/α,β-unsaturated/α-hetero) is 1. The molecule has 0 aromatic heterocycles. The van der Waals surface area contributed by atoms with Gasteiger partial charge in [-0.05, 0) is 18.6 Å². The lowest BCUT2D eigenvalue weighted by molar-refractivity contribution is -0.116. The summed E-state index contributed by atoms with van der Waals surface area (Å²) in [5.74, 6) is 0.121. The van der Waals surface area contributed by atoms with Gasteiger partial charge in [-0.15, -0.1) is 12.6 Å². The second-order valence-corrected chi connectivity index (χ2v) is 3.18. The SMILES string of the molecule is CC(=O)Cc1cccc(N)c1S. The molecular formula is C9H11NOS. The van der Waals surface area contributed by atoms with E-state index in [2.05, 4.69) is 12.6 Å². The Morgan fingerprint density at radius 2 is 2.25 bits per heavy atom. The zero-order valence-corrected chi connectivity index (χ0v) is 7.77. The van der Waals surface area contributed by atoms with E-state index in [0.717, 1.165) is 5.56 Å². The van der Waals surface area contributed by atoms with Gasteiger partial charge in [0.15, 0.2) is 0 Å². The Kier molecular flexibility index (Phi) is 2.76. The molecule has 12 heavy (non-hydrogen) atoms. The Hall–Kier alpha value is -0.960. The van der Waals surface area contributed by atoms with Crippen molar-refractivity contribution in [2.45, 2.75) is 18.2 Å². The van der Waals surface area contributed by atoms with E-state index in [1.807, 2.05) is 12.1 Å². The summed E-state index contributed by atoms with van der Waals surface area (Å²) in [6.45, 7) is 1.55. The van der Waals surface area contributed by atoms with E-state index in [1.54, 1.807) is 13.0 Å². The van der Waals surface area contributed by atoms with Crippen LogP contribution in [0.5, 0.6) is 0 Å². The summed E-state index contributed by atoms with van der Waals surface area (Å²) in [5, 5.41) is 0. The number of benzene rings is 1. The smallest absolute Gasteiger partial charge is 0.134 e. The van der Waals surface area contributed by atoms with Gasteiger partial charge in [-0.2, -0.15) is 0 Å². The zero-order chi connectivity index (χ0) is 9.14. The van der Waals surface area contributed by atoms with Crippen molar-refractivity contribution in [3.63, 3.8) is 0 Å². The zero-order valence-electron chi connectivity index (χ0n) is 6.87. The van der Waals surface area contributed by atoms with E-state index < -0.39 is 0 Å². The second-order valence-electron chi connectivity index (χ2n) is 2.73. The van der Waals surface area contributed by atoms with Crippen LogP contribution in [0.3, 0.4) is 0 Å². The first-order valence-electron chi connectivity index (χ1n) is 3.67. The van der Waals surface area contributed by atoms with Gasteiger partial charge in [-0.3, -0.25) is 4.79 Å². The number of nitrogen functional groups attached to an aromatic ring is 1. The van der Waals surface area contributed by atoms with Crippen molar-refractivity contribution < 1.29 is 4.79 Å². The lowest BCUT2D eigenvalue weighted by Gasteiger charge is -2.04. The number of carbonyl (C=O) groups is 1. The van der Waals surface area contributed by atoms with Crippen LogP contribution in [0.1, 0.15) is 12.5 Å². The number of anilines is 1. The van der Waals surface area contributed by atoms with Crippen LogP contribution >= 0.6 is 12.6 Å². The van der Waals surface area contributed by atoms with Crippen molar-refractivity contribution in [2.75, 3.05) is 5.73 Å². The minimum Gasteiger partial charge on any atom is -0.398 e. The Morgan fingerprint density at radius 3 is 2.83 bits per heavy atom. The monoisotopic (exact) mass is 181 g/mol. The lowest BCUT2D eigenvalue weighted by Crippen LogP contribution is -1.99. The minimum atomic E-state index is 0.121. The molecule has 64 valence electrons. The van der Waals surface area contributed by atoms with E-state index in [-0.39, 0.29) is 5.78 Å². The van der Waals surface area contributed by atoms with Crippen LogP contribution < -0.4 is 5.73 Å². The molecule has 3 heteroatoms. The Morgan fingerprint density at radius 1 is 1.58 bits per heavy atom. The molecule has 1 aromatic carbocycles. The Labute approximate surface area is 77.2 Å². The molecule has 1 rings (SSSR count). The van der Waals surface area contributed by atoms with Gasteiger partial charge in [0.1, 0.15) is 5.78 Å². The average molecular weight is 181 g/mol. The maximum atomic E-state index is 10.8. The topological polar surface area (TPSA) is 43.1 Å². The molecule has 0 fully saturated rings. The number of hydrogen-bond donors (Lipinski definition) is 2. The van der Waals surface area contributed by atoms with Crippen LogP contribution in [0.4, 0.5) is 5.69 Å². The molecule has 0 spiro atoms. The first kappa shape index (κ1) is 9.13. The molecule has 0 heterocycles. The predicted molar refractivity (Wildman–Crippen MR) is 52.5 cm³/mol. The Bertz CT molecular complexity index is 309. The fraction of sp³-hybridized carbons (Fsp3) is 0.222. The van der Waals surface area contributed by atoms with Gasteiger partial charge in [-0.25, -0.2) is 0 Å². The van der Waals surface area contributed by atoms with Crippen LogP contribution in [-0.4, -0.2) is 5.78 Å². The molecule has 0 aliphatic heterocycles. The largest absolute Gasteiger partial charge is 0.398 e. The van der Waals surface area contributed by atoms with Gasteiger partial charge in [0.2, 0.25) is 0 Å². The summed E-state index contributed by atoms with van der Waals surface area (Å²) in [6.07, 6.45) is 0.407. The first-order valence-corrected chi connectivity index (χ1v) is 4.11. The van der Waals surface area contributed by atoms with E-state index in [9.17, 15) is 4.79 Å². The van der Waals surface area contributed by atoms with Gasteiger partial charge >= 0.3 is 0 Å². The molecule has 0 saturated carbocycles. The highest BCUT2D eigenvalue weighted by Crippen LogP contribution is 2.21.